The molecule has 0 aromatic heterocycles. The molecule has 27 heavy (non-hydrogen) atoms. The molecule has 1 amide bonds. The number of nitrogens with one attached hydrogen (secondary N) is 1. The van der Waals surface area contributed by atoms with Gasteiger partial charge in [0.1, 0.15) is 13.2 Å². The van der Waals surface area contributed by atoms with Crippen LogP contribution in [-0.2, 0) is 19.4 Å². The highest BCUT2D eigenvalue weighted by molar-refractivity contribution is 7.91. The van der Waals surface area contributed by atoms with Gasteiger partial charge in [0.2, 0.25) is 5.91 Å². The fraction of sp³-hybridized carbons (Fsp3) is 0.556. The van der Waals surface area contributed by atoms with Gasteiger partial charge in [-0.2, -0.15) is 0 Å². The van der Waals surface area contributed by atoms with Crippen LogP contribution >= 0.6 is 0 Å². The van der Waals surface area contributed by atoms with E-state index >= 15 is 0 Å². The van der Waals surface area contributed by atoms with Crippen LogP contribution in [0.15, 0.2) is 23.1 Å². The zero-order chi connectivity index (χ0) is 20.1. The van der Waals surface area contributed by atoms with E-state index in [4.69, 9.17) is 9.47 Å². The lowest BCUT2D eigenvalue weighted by Crippen LogP contribution is -2.42. The number of carboxylic acids is 1. The summed E-state index contributed by atoms with van der Waals surface area (Å²) >= 11 is 0. The van der Waals surface area contributed by atoms with Gasteiger partial charge in [-0.05, 0) is 25.0 Å². The standard InChI is InChI=1S/C18H25NO7S/c1-3-18(4-2,17(21)22)12-19-16(20)7-10-27(23,24)13-5-6-14-15(11-13)26-9-8-25-14/h5-6,11H,3-4,7-10,12H2,1-2H3,(H,19,20)(H,21,22). The minimum Gasteiger partial charge on any atom is -0.486 e. The topological polar surface area (TPSA) is 119 Å². The fourth-order valence-corrected chi connectivity index (χ4v) is 4.05. The lowest BCUT2D eigenvalue weighted by Gasteiger charge is -2.26. The largest absolute Gasteiger partial charge is 0.486 e. The van der Waals surface area contributed by atoms with Gasteiger partial charge in [0, 0.05) is 19.0 Å². The molecule has 0 saturated carbocycles. The zero-order valence-electron chi connectivity index (χ0n) is 15.5. The molecule has 0 unspecified atom stereocenters. The summed E-state index contributed by atoms with van der Waals surface area (Å²) < 4.78 is 35.7. The van der Waals surface area contributed by atoms with Crippen LogP contribution in [0.3, 0.4) is 0 Å². The van der Waals surface area contributed by atoms with Gasteiger partial charge < -0.3 is 19.9 Å². The summed E-state index contributed by atoms with van der Waals surface area (Å²) in [5.41, 5.74) is -1.04. The van der Waals surface area contributed by atoms with Crippen LogP contribution in [0.4, 0.5) is 0 Å². The van der Waals surface area contributed by atoms with E-state index in [9.17, 15) is 23.1 Å². The van der Waals surface area contributed by atoms with E-state index in [1.165, 1.54) is 18.2 Å². The second kappa shape index (κ2) is 8.60. The molecule has 0 atom stereocenters. The highest BCUT2D eigenvalue weighted by Gasteiger charge is 2.35. The van der Waals surface area contributed by atoms with Crippen molar-refractivity contribution in [2.45, 2.75) is 38.0 Å². The number of ether oxygens (including phenoxy) is 2. The molecule has 1 aliphatic heterocycles. The fourth-order valence-electron chi connectivity index (χ4n) is 2.80. The van der Waals surface area contributed by atoms with E-state index in [0.717, 1.165) is 0 Å². The van der Waals surface area contributed by atoms with E-state index in [0.29, 0.717) is 37.6 Å². The van der Waals surface area contributed by atoms with Gasteiger partial charge in [0.15, 0.2) is 21.3 Å². The monoisotopic (exact) mass is 399 g/mol. The molecule has 0 radical (unpaired) electrons. The predicted octanol–water partition coefficient (Wildman–Crippen LogP) is 1.63. The number of carboxylic acid groups (broad SMARTS) is 1. The molecule has 2 N–H and O–H groups in total. The van der Waals surface area contributed by atoms with Crippen LogP contribution in [0.25, 0.3) is 0 Å². The third-order valence-corrected chi connectivity index (χ3v) is 6.62. The first kappa shape index (κ1) is 21.0. The molecular formula is C18H25NO7S. The number of carbonyl (C=O) groups excluding carboxylic acids is 1. The molecule has 0 aliphatic carbocycles. The second-order valence-electron chi connectivity index (χ2n) is 6.44. The van der Waals surface area contributed by atoms with Crippen molar-refractivity contribution in [2.75, 3.05) is 25.5 Å². The molecule has 1 heterocycles. The van der Waals surface area contributed by atoms with Crippen molar-refractivity contribution in [1.29, 1.82) is 0 Å². The highest BCUT2D eigenvalue weighted by atomic mass is 32.2. The Kier molecular flexibility index (Phi) is 6.69. The van der Waals surface area contributed by atoms with Crippen LogP contribution in [0.2, 0.25) is 0 Å². The van der Waals surface area contributed by atoms with Crippen molar-refractivity contribution in [3.05, 3.63) is 18.2 Å². The lowest BCUT2D eigenvalue weighted by molar-refractivity contribution is -0.149. The summed E-state index contributed by atoms with van der Waals surface area (Å²) in [6.45, 7) is 4.22. The number of hydrogen-bond acceptors (Lipinski definition) is 6. The summed E-state index contributed by atoms with van der Waals surface area (Å²) in [7, 11) is -3.68. The van der Waals surface area contributed by atoms with Crippen LogP contribution in [0.5, 0.6) is 11.5 Å². The predicted molar refractivity (Wildman–Crippen MR) is 97.8 cm³/mol. The molecule has 9 heteroatoms. The van der Waals surface area contributed by atoms with Crippen molar-refractivity contribution in [3.63, 3.8) is 0 Å². The molecule has 0 spiro atoms. The van der Waals surface area contributed by atoms with Gasteiger partial charge in [-0.3, -0.25) is 9.59 Å². The maximum Gasteiger partial charge on any atom is 0.311 e. The van der Waals surface area contributed by atoms with E-state index < -0.39 is 27.1 Å². The minimum atomic E-state index is -3.68. The Hall–Kier alpha value is -2.29. The first-order valence-electron chi connectivity index (χ1n) is 8.86. The number of rotatable bonds is 9. The maximum atomic E-state index is 12.5. The highest BCUT2D eigenvalue weighted by Crippen LogP contribution is 2.32. The van der Waals surface area contributed by atoms with Gasteiger partial charge in [0.05, 0.1) is 16.1 Å². The van der Waals surface area contributed by atoms with Crippen molar-refractivity contribution >= 4 is 21.7 Å². The van der Waals surface area contributed by atoms with Crippen molar-refractivity contribution < 1.29 is 32.6 Å². The van der Waals surface area contributed by atoms with Gasteiger partial charge in [-0.15, -0.1) is 0 Å². The molecule has 1 aromatic carbocycles. The summed E-state index contributed by atoms with van der Waals surface area (Å²) in [5, 5.41) is 11.9. The SMILES string of the molecule is CCC(CC)(CNC(=O)CCS(=O)(=O)c1ccc2c(c1)OCCO2)C(=O)O. The molecule has 0 fully saturated rings. The molecule has 1 aromatic rings. The Morgan fingerprint density at radius 1 is 1.15 bits per heavy atom. The molecule has 1 aliphatic rings. The normalized spacial score (nSPS) is 13.9. The first-order chi connectivity index (χ1) is 12.7. The number of hydrogen-bond donors (Lipinski definition) is 2. The van der Waals surface area contributed by atoms with E-state index in [1.807, 2.05) is 0 Å². The number of sulfone groups is 1. The molecular weight excluding hydrogens is 374 g/mol. The van der Waals surface area contributed by atoms with Gasteiger partial charge in [0.25, 0.3) is 0 Å². The third-order valence-electron chi connectivity index (χ3n) is 4.90. The van der Waals surface area contributed by atoms with Crippen LogP contribution < -0.4 is 14.8 Å². The van der Waals surface area contributed by atoms with Crippen molar-refractivity contribution in [1.82, 2.24) is 5.32 Å². The molecule has 2 rings (SSSR count). The second-order valence-corrected chi connectivity index (χ2v) is 8.55. The van der Waals surface area contributed by atoms with E-state index in [1.54, 1.807) is 13.8 Å². The number of carbonyl (C=O) groups is 2. The average Bonchev–Trinajstić information content (AvgIpc) is 2.67. The van der Waals surface area contributed by atoms with Gasteiger partial charge in [-0.1, -0.05) is 13.8 Å². The van der Waals surface area contributed by atoms with Crippen molar-refractivity contribution in [2.24, 2.45) is 5.41 Å². The smallest absolute Gasteiger partial charge is 0.311 e. The number of amides is 1. The minimum absolute atomic E-state index is 0.0295. The van der Waals surface area contributed by atoms with E-state index in [2.05, 4.69) is 5.32 Å². The van der Waals surface area contributed by atoms with Crippen LogP contribution in [-0.4, -0.2) is 50.9 Å². The quantitative estimate of drug-likeness (QED) is 0.648. The number of fused-ring (bicyclic) bond motifs is 1. The Balaban J connectivity index is 1.96. The average molecular weight is 399 g/mol. The number of aliphatic carboxylic acids is 1. The Labute approximate surface area is 158 Å². The summed E-state index contributed by atoms with van der Waals surface area (Å²) in [4.78, 5) is 23.5. The van der Waals surface area contributed by atoms with Crippen LogP contribution in [0.1, 0.15) is 33.1 Å². The Morgan fingerprint density at radius 3 is 2.37 bits per heavy atom. The Bertz CT molecular complexity index is 800. The lowest BCUT2D eigenvalue weighted by atomic mass is 9.82. The molecule has 8 nitrogen and oxygen atoms in total. The summed E-state index contributed by atoms with van der Waals surface area (Å²) in [6.07, 6.45) is 0.489. The van der Waals surface area contributed by atoms with Crippen molar-refractivity contribution in [3.8, 4) is 11.5 Å². The van der Waals surface area contributed by atoms with Gasteiger partial charge in [-0.25, -0.2) is 8.42 Å². The van der Waals surface area contributed by atoms with E-state index in [-0.39, 0.29) is 23.6 Å². The first-order valence-corrected chi connectivity index (χ1v) is 10.5. The molecule has 0 bridgehead atoms. The molecule has 0 saturated heterocycles. The zero-order valence-corrected chi connectivity index (χ0v) is 16.3. The Morgan fingerprint density at radius 2 is 1.78 bits per heavy atom. The van der Waals surface area contributed by atoms with Crippen LogP contribution in [0, 0.1) is 5.41 Å². The number of benzene rings is 1. The summed E-state index contributed by atoms with van der Waals surface area (Å²) in [5.74, 6) is -0.997. The maximum absolute atomic E-state index is 12.5. The summed E-state index contributed by atoms with van der Waals surface area (Å²) in [6, 6.07) is 4.35. The third kappa shape index (κ3) is 4.91. The molecule has 150 valence electrons. The van der Waals surface area contributed by atoms with Gasteiger partial charge >= 0.3 is 5.97 Å².